The molecule has 10 N–H and O–H groups in total. The molecule has 0 spiro atoms. The molecule has 11 heteroatoms. The number of rotatable bonds is 12. The second-order valence-corrected chi connectivity index (χ2v) is 5.13. The van der Waals surface area contributed by atoms with Gasteiger partial charge in [-0.15, -0.1) is 0 Å². The fourth-order valence-corrected chi connectivity index (χ4v) is 1.63. The maximum absolute atomic E-state index is 9.53. The van der Waals surface area contributed by atoms with Gasteiger partial charge in [0, 0.05) is 0 Å². The Bertz CT molecular complexity index is 277. The summed E-state index contributed by atoms with van der Waals surface area (Å²) in [5, 5.41) is 92.2. The van der Waals surface area contributed by atoms with E-state index in [-0.39, 0.29) is 0 Å². The Labute approximate surface area is 132 Å². The van der Waals surface area contributed by atoms with Crippen LogP contribution in [-0.2, 0) is 4.74 Å². The lowest BCUT2D eigenvalue weighted by Gasteiger charge is -2.27. The first-order chi connectivity index (χ1) is 10.7. The largest absolute Gasteiger partial charge is 0.394 e. The Morgan fingerprint density at radius 1 is 0.478 bits per heavy atom. The highest BCUT2D eigenvalue weighted by molar-refractivity contribution is 4.82. The van der Waals surface area contributed by atoms with Gasteiger partial charge >= 0.3 is 0 Å². The summed E-state index contributed by atoms with van der Waals surface area (Å²) in [6.07, 6.45) is -14.0. The Balaban J connectivity index is 4.22. The summed E-state index contributed by atoms with van der Waals surface area (Å²) in [6.45, 7) is -2.86. The molecule has 0 rings (SSSR count). The van der Waals surface area contributed by atoms with Gasteiger partial charge in [0.15, 0.2) is 0 Å². The molecule has 0 aliphatic rings. The van der Waals surface area contributed by atoms with Crippen molar-refractivity contribution in [3.05, 3.63) is 0 Å². The summed E-state index contributed by atoms with van der Waals surface area (Å²) in [5.41, 5.74) is 0. The van der Waals surface area contributed by atoms with Crippen LogP contribution in [-0.4, -0.2) is 126 Å². The number of hydrogen-bond donors (Lipinski definition) is 10. The van der Waals surface area contributed by atoms with E-state index in [4.69, 9.17) is 25.2 Å². The molecule has 0 unspecified atom stereocenters. The van der Waals surface area contributed by atoms with E-state index in [0.717, 1.165) is 0 Å². The minimum absolute atomic E-state index is 0.598. The lowest BCUT2D eigenvalue weighted by atomic mass is 10.0. The molecule has 0 aliphatic carbocycles. The van der Waals surface area contributed by atoms with E-state index in [9.17, 15) is 30.6 Å². The molecule has 0 aliphatic heterocycles. The van der Waals surface area contributed by atoms with E-state index in [1.807, 2.05) is 0 Å². The average molecular weight is 346 g/mol. The van der Waals surface area contributed by atoms with E-state index in [0.29, 0.717) is 0 Å². The molecular formula is C12H26O11. The molecule has 8 atom stereocenters. The van der Waals surface area contributed by atoms with E-state index in [2.05, 4.69) is 0 Å². The Kier molecular flexibility index (Phi) is 11.0. The lowest BCUT2D eigenvalue weighted by Crippen LogP contribution is -2.49. The summed E-state index contributed by atoms with van der Waals surface area (Å²) in [7, 11) is 0. The maximum atomic E-state index is 9.53. The molecule has 0 aromatic carbocycles. The summed E-state index contributed by atoms with van der Waals surface area (Å²) < 4.78 is 4.80. The van der Waals surface area contributed by atoms with Crippen molar-refractivity contribution in [2.75, 3.05) is 26.4 Å². The summed E-state index contributed by atoms with van der Waals surface area (Å²) in [5.74, 6) is 0. The van der Waals surface area contributed by atoms with Gasteiger partial charge in [0.2, 0.25) is 0 Å². The molecule has 11 nitrogen and oxygen atoms in total. The van der Waals surface area contributed by atoms with Gasteiger partial charge in [-0.25, -0.2) is 0 Å². The number of aliphatic hydroxyl groups excluding tert-OH is 10. The number of hydrogen-bond acceptors (Lipinski definition) is 11. The smallest absolute Gasteiger partial charge is 0.111 e. The minimum atomic E-state index is -1.83. The quantitative estimate of drug-likeness (QED) is 0.160. The second kappa shape index (κ2) is 11.2. The standard InChI is InChI=1S/C12H26O11/c13-1-5(15)9(19)11(21)7(17)3-23-4-8(18)12(22)10(20)6(16)2-14/h5-22H,1-4H2/t5-,6-,7-,8-,9-,10-,11-,12-/m1/s1. The first kappa shape index (κ1) is 22.6. The SMILES string of the molecule is OC[C@@H](O)[C@@H](O)[C@H](O)[C@H](O)COC[C@@H](O)[C@@H](O)[C@H](O)[C@H](O)CO. The molecule has 0 amide bonds. The van der Waals surface area contributed by atoms with Gasteiger partial charge in [-0.05, 0) is 0 Å². The van der Waals surface area contributed by atoms with Crippen LogP contribution in [0.25, 0.3) is 0 Å². The molecule has 23 heavy (non-hydrogen) atoms. The van der Waals surface area contributed by atoms with Crippen LogP contribution in [0.5, 0.6) is 0 Å². The van der Waals surface area contributed by atoms with Crippen LogP contribution in [0.1, 0.15) is 0 Å². The highest BCUT2D eigenvalue weighted by atomic mass is 16.5. The Morgan fingerprint density at radius 2 is 0.739 bits per heavy atom. The zero-order valence-electron chi connectivity index (χ0n) is 12.3. The van der Waals surface area contributed by atoms with Crippen molar-refractivity contribution < 1.29 is 55.8 Å². The van der Waals surface area contributed by atoms with Crippen molar-refractivity contribution in [1.29, 1.82) is 0 Å². The average Bonchev–Trinajstić information content (AvgIpc) is 2.56. The van der Waals surface area contributed by atoms with Crippen LogP contribution in [0, 0.1) is 0 Å². The van der Waals surface area contributed by atoms with E-state index < -0.39 is 75.3 Å². The van der Waals surface area contributed by atoms with E-state index >= 15 is 0 Å². The highest BCUT2D eigenvalue weighted by Crippen LogP contribution is 2.08. The third-order valence-electron chi connectivity index (χ3n) is 3.23. The van der Waals surface area contributed by atoms with Crippen LogP contribution in [0.2, 0.25) is 0 Å². The monoisotopic (exact) mass is 346 g/mol. The highest BCUT2D eigenvalue weighted by Gasteiger charge is 2.32. The molecule has 0 saturated carbocycles. The van der Waals surface area contributed by atoms with Crippen molar-refractivity contribution in [1.82, 2.24) is 0 Å². The van der Waals surface area contributed by atoms with Gasteiger partial charge in [-0.3, -0.25) is 0 Å². The van der Waals surface area contributed by atoms with Crippen LogP contribution >= 0.6 is 0 Å². The van der Waals surface area contributed by atoms with Gasteiger partial charge in [0.25, 0.3) is 0 Å². The predicted octanol–water partition coefficient (Wildman–Crippen LogP) is -6.13. The summed E-state index contributed by atoms with van der Waals surface area (Å²) >= 11 is 0. The molecular weight excluding hydrogens is 320 g/mol. The van der Waals surface area contributed by atoms with Crippen molar-refractivity contribution in [2.24, 2.45) is 0 Å². The molecule has 0 saturated heterocycles. The van der Waals surface area contributed by atoms with Crippen LogP contribution in [0.4, 0.5) is 0 Å². The van der Waals surface area contributed by atoms with Crippen molar-refractivity contribution >= 4 is 0 Å². The first-order valence-electron chi connectivity index (χ1n) is 6.91. The van der Waals surface area contributed by atoms with Crippen LogP contribution < -0.4 is 0 Å². The maximum Gasteiger partial charge on any atom is 0.111 e. The topological polar surface area (TPSA) is 212 Å². The summed E-state index contributed by atoms with van der Waals surface area (Å²) in [4.78, 5) is 0. The predicted molar refractivity (Wildman–Crippen MR) is 73.0 cm³/mol. The van der Waals surface area contributed by atoms with Gasteiger partial charge in [0.05, 0.1) is 26.4 Å². The lowest BCUT2D eigenvalue weighted by molar-refractivity contribution is -0.148. The molecule has 0 aromatic heterocycles. The summed E-state index contributed by atoms with van der Waals surface area (Å²) in [6, 6.07) is 0. The molecule has 0 heterocycles. The van der Waals surface area contributed by atoms with Crippen LogP contribution in [0.15, 0.2) is 0 Å². The third kappa shape index (κ3) is 7.32. The van der Waals surface area contributed by atoms with Gasteiger partial charge in [0.1, 0.15) is 48.8 Å². The fourth-order valence-electron chi connectivity index (χ4n) is 1.63. The molecule has 0 aromatic rings. The van der Waals surface area contributed by atoms with Gasteiger partial charge in [-0.1, -0.05) is 0 Å². The number of aliphatic hydroxyl groups is 10. The van der Waals surface area contributed by atoms with E-state index in [1.54, 1.807) is 0 Å². The molecule has 0 bridgehead atoms. The minimum Gasteiger partial charge on any atom is -0.394 e. The fraction of sp³-hybridized carbons (Fsp3) is 1.00. The normalized spacial score (nSPS) is 22.7. The van der Waals surface area contributed by atoms with Crippen molar-refractivity contribution in [2.45, 2.75) is 48.8 Å². The molecule has 0 radical (unpaired) electrons. The zero-order chi connectivity index (χ0) is 18.2. The second-order valence-electron chi connectivity index (χ2n) is 5.13. The van der Waals surface area contributed by atoms with Gasteiger partial charge in [-0.2, -0.15) is 0 Å². The zero-order valence-corrected chi connectivity index (χ0v) is 12.3. The van der Waals surface area contributed by atoms with Crippen LogP contribution in [0.3, 0.4) is 0 Å². The third-order valence-corrected chi connectivity index (χ3v) is 3.23. The Hall–Kier alpha value is -0.440. The molecule has 0 fully saturated rings. The molecule has 140 valence electrons. The van der Waals surface area contributed by atoms with E-state index in [1.165, 1.54) is 0 Å². The Morgan fingerprint density at radius 3 is 1.00 bits per heavy atom. The number of ether oxygens (including phenoxy) is 1. The van der Waals surface area contributed by atoms with Gasteiger partial charge < -0.3 is 55.8 Å². The van der Waals surface area contributed by atoms with Crippen molar-refractivity contribution in [3.63, 3.8) is 0 Å². The van der Waals surface area contributed by atoms with Crippen molar-refractivity contribution in [3.8, 4) is 0 Å². The first-order valence-corrected chi connectivity index (χ1v) is 6.91.